The van der Waals surface area contributed by atoms with Crippen molar-refractivity contribution in [2.24, 2.45) is 0 Å². The van der Waals surface area contributed by atoms with Gasteiger partial charge < -0.3 is 9.64 Å². The number of para-hydroxylation sites is 2. The molecule has 11 aromatic carbocycles. The van der Waals surface area contributed by atoms with Crippen LogP contribution < -0.4 is 9.64 Å². The molecule has 2 aliphatic carbocycles. The van der Waals surface area contributed by atoms with E-state index in [0.717, 1.165) is 45.3 Å². The molecule has 11 aromatic rings. The van der Waals surface area contributed by atoms with Crippen molar-refractivity contribution in [2.75, 3.05) is 4.90 Å². The Bertz CT molecular complexity index is 3720. The Kier molecular flexibility index (Phi) is 9.06. The van der Waals surface area contributed by atoms with Gasteiger partial charge in [-0.2, -0.15) is 0 Å². The lowest BCUT2D eigenvalue weighted by Gasteiger charge is -2.39. The zero-order valence-corrected chi connectivity index (χ0v) is 38.3. The quantitative estimate of drug-likeness (QED) is 0.158. The predicted molar refractivity (Wildman–Crippen MR) is 287 cm³/mol. The first-order valence-corrected chi connectivity index (χ1v) is 24.2. The summed E-state index contributed by atoms with van der Waals surface area (Å²) in [6.45, 7) is 0. The maximum absolute atomic E-state index is 6.64. The highest BCUT2D eigenvalue weighted by Gasteiger charge is 2.51. The van der Waals surface area contributed by atoms with Gasteiger partial charge in [-0.1, -0.05) is 218 Å². The Morgan fingerprint density at radius 2 is 0.686 bits per heavy atom. The zero-order valence-electron chi connectivity index (χ0n) is 38.3. The molecule has 2 heteroatoms. The summed E-state index contributed by atoms with van der Waals surface area (Å²) in [4.78, 5) is 2.42. The van der Waals surface area contributed by atoms with Gasteiger partial charge in [-0.15, -0.1) is 0 Å². The number of benzene rings is 11. The predicted octanol–water partition coefficient (Wildman–Crippen LogP) is 17.3. The van der Waals surface area contributed by atoms with Gasteiger partial charge in [0.25, 0.3) is 0 Å². The Labute approximate surface area is 409 Å². The molecule has 1 heterocycles. The first kappa shape index (κ1) is 40.1. The van der Waals surface area contributed by atoms with Crippen LogP contribution in [0.5, 0.6) is 11.5 Å². The van der Waals surface area contributed by atoms with Crippen molar-refractivity contribution in [3.05, 3.63) is 317 Å². The number of hydrogen-bond acceptors (Lipinski definition) is 2. The molecule has 1 aliphatic heterocycles. The average molecular weight is 892 g/mol. The summed E-state index contributed by atoms with van der Waals surface area (Å²) >= 11 is 0. The maximum Gasteiger partial charge on any atom is 0.132 e. The Balaban J connectivity index is 0.932. The summed E-state index contributed by atoms with van der Waals surface area (Å²) in [5.41, 5.74) is 22.0. The molecule has 3 aliphatic rings. The van der Waals surface area contributed by atoms with Crippen molar-refractivity contribution in [1.82, 2.24) is 0 Å². The van der Waals surface area contributed by atoms with E-state index >= 15 is 0 Å². The first-order valence-electron chi connectivity index (χ1n) is 24.2. The Morgan fingerprint density at radius 3 is 1.34 bits per heavy atom. The van der Waals surface area contributed by atoms with E-state index in [9.17, 15) is 0 Å². The monoisotopic (exact) mass is 891 g/mol. The molecule has 0 N–H and O–H groups in total. The summed E-state index contributed by atoms with van der Waals surface area (Å²) in [7, 11) is 0. The van der Waals surface area contributed by atoms with E-state index in [0.29, 0.717) is 0 Å². The van der Waals surface area contributed by atoms with Gasteiger partial charge >= 0.3 is 0 Å². The van der Waals surface area contributed by atoms with Gasteiger partial charge in [0.05, 0.1) is 10.8 Å². The van der Waals surface area contributed by atoms with Crippen LogP contribution in [0.25, 0.3) is 44.5 Å². The number of rotatable bonds is 7. The number of fused-ring (bicyclic) bond motifs is 12. The molecule has 0 aromatic heterocycles. The van der Waals surface area contributed by atoms with Gasteiger partial charge in [0.15, 0.2) is 0 Å². The van der Waals surface area contributed by atoms with Crippen molar-refractivity contribution >= 4 is 17.1 Å². The van der Waals surface area contributed by atoms with Crippen LogP contribution in [0.2, 0.25) is 0 Å². The Morgan fingerprint density at radius 1 is 0.243 bits per heavy atom. The largest absolute Gasteiger partial charge is 0.457 e. The number of anilines is 3. The molecule has 0 radical (unpaired) electrons. The normalized spacial score (nSPS) is 13.8. The summed E-state index contributed by atoms with van der Waals surface area (Å²) < 4.78 is 6.64. The third-order valence-electron chi connectivity index (χ3n) is 15.2. The molecule has 0 atom stereocenters. The highest BCUT2D eigenvalue weighted by molar-refractivity contribution is 5.93. The topological polar surface area (TPSA) is 12.5 Å². The minimum Gasteiger partial charge on any atom is -0.457 e. The van der Waals surface area contributed by atoms with Gasteiger partial charge in [0.2, 0.25) is 0 Å². The second-order valence-corrected chi connectivity index (χ2v) is 18.7. The lowest BCUT2D eigenvalue weighted by Crippen LogP contribution is -2.32. The van der Waals surface area contributed by atoms with E-state index < -0.39 is 10.8 Å². The van der Waals surface area contributed by atoms with E-state index in [-0.39, 0.29) is 0 Å². The minimum atomic E-state index is -0.536. The highest BCUT2D eigenvalue weighted by Crippen LogP contribution is 2.63. The maximum atomic E-state index is 6.64. The van der Waals surface area contributed by atoms with Crippen molar-refractivity contribution in [1.29, 1.82) is 0 Å². The zero-order chi connectivity index (χ0) is 46.2. The van der Waals surface area contributed by atoms with E-state index in [2.05, 4.69) is 278 Å². The summed E-state index contributed by atoms with van der Waals surface area (Å²) in [6.07, 6.45) is 0. The smallest absolute Gasteiger partial charge is 0.132 e. The first-order chi connectivity index (χ1) is 34.7. The Hall–Kier alpha value is -8.98. The van der Waals surface area contributed by atoms with Crippen LogP contribution in [-0.2, 0) is 10.8 Å². The van der Waals surface area contributed by atoms with Crippen molar-refractivity contribution in [3.63, 3.8) is 0 Å². The molecule has 0 saturated carbocycles. The number of nitrogens with zero attached hydrogens (tertiary/aromatic N) is 1. The van der Waals surface area contributed by atoms with Gasteiger partial charge in [-0.3, -0.25) is 0 Å². The van der Waals surface area contributed by atoms with Crippen molar-refractivity contribution in [2.45, 2.75) is 10.8 Å². The molecular weight excluding hydrogens is 847 g/mol. The van der Waals surface area contributed by atoms with Gasteiger partial charge in [0.1, 0.15) is 11.5 Å². The molecule has 0 unspecified atom stereocenters. The molecule has 0 fully saturated rings. The average Bonchev–Trinajstić information content (AvgIpc) is 3.91. The summed E-state index contributed by atoms with van der Waals surface area (Å²) in [5.74, 6) is 1.79. The number of hydrogen-bond donors (Lipinski definition) is 0. The van der Waals surface area contributed by atoms with Crippen molar-refractivity contribution < 1.29 is 4.74 Å². The molecule has 1 spiro atoms. The van der Waals surface area contributed by atoms with Gasteiger partial charge in [-0.05, 0) is 132 Å². The lowest BCUT2D eigenvalue weighted by atomic mass is 9.66. The van der Waals surface area contributed by atoms with Crippen LogP contribution in [0.3, 0.4) is 0 Å². The molecule has 2 nitrogen and oxygen atoms in total. The van der Waals surface area contributed by atoms with Crippen LogP contribution in [0, 0.1) is 0 Å². The molecule has 70 heavy (non-hydrogen) atoms. The van der Waals surface area contributed by atoms with Crippen molar-refractivity contribution in [3.8, 4) is 56.0 Å². The van der Waals surface area contributed by atoms with Crippen LogP contribution in [0.4, 0.5) is 17.1 Å². The third-order valence-corrected chi connectivity index (χ3v) is 15.2. The van der Waals surface area contributed by atoms with E-state index in [4.69, 9.17) is 4.74 Å². The lowest BCUT2D eigenvalue weighted by molar-refractivity contribution is 0.436. The fraction of sp³-hybridized carbons (Fsp3) is 0.0294. The van der Waals surface area contributed by atoms with E-state index in [1.807, 2.05) is 0 Å². The number of ether oxygens (including phenoxy) is 1. The molecule has 14 rings (SSSR count). The molecule has 0 amide bonds. The van der Waals surface area contributed by atoms with Crippen LogP contribution in [0.1, 0.15) is 44.5 Å². The standard InChI is InChI=1S/C68H45NO/c1-4-19-46(20-5-1)48-21-18-26-53(43-48)69(54-40-42-61-58(45-54)56-28-11-13-30-60(56)68(61)62-31-14-16-33-65(62)70-66-34-17-15-32-63(66)68)52-38-35-47(36-39-52)49-37-41-57-55-27-10-12-29-59(55)67(64(57)44-49,50-22-6-2-7-23-50)51-24-8-3-9-25-51/h1-45H. The summed E-state index contributed by atoms with van der Waals surface area (Å²) in [6, 6.07) is 100. The summed E-state index contributed by atoms with van der Waals surface area (Å²) in [5, 5.41) is 0. The van der Waals surface area contributed by atoms with Gasteiger partial charge in [-0.25, -0.2) is 0 Å². The SMILES string of the molecule is c1ccc(-c2cccc(N(c3ccc(-c4ccc5c(c4)C(c4ccccc4)(c4ccccc4)c4ccccc4-5)cc3)c3ccc4c(c3)-c3ccccc3C43c4ccccc4Oc4ccccc43)c2)cc1. The second-order valence-electron chi connectivity index (χ2n) is 18.7. The molecule has 0 bridgehead atoms. The van der Waals surface area contributed by atoms with Crippen LogP contribution >= 0.6 is 0 Å². The second kappa shape index (κ2) is 15.8. The van der Waals surface area contributed by atoms with Crippen LogP contribution in [0.15, 0.2) is 273 Å². The minimum absolute atomic E-state index is 0.468. The fourth-order valence-corrected chi connectivity index (χ4v) is 12.3. The van der Waals surface area contributed by atoms with Crippen LogP contribution in [-0.4, -0.2) is 0 Å². The van der Waals surface area contributed by atoms with E-state index in [1.54, 1.807) is 0 Å². The molecule has 328 valence electrons. The van der Waals surface area contributed by atoms with Gasteiger partial charge in [0, 0.05) is 28.2 Å². The third kappa shape index (κ3) is 5.80. The highest BCUT2D eigenvalue weighted by atomic mass is 16.5. The molecule has 0 saturated heterocycles. The van der Waals surface area contributed by atoms with E-state index in [1.165, 1.54) is 72.3 Å². The fourth-order valence-electron chi connectivity index (χ4n) is 12.3. The molecular formula is C68H45NO.